The lowest BCUT2D eigenvalue weighted by Gasteiger charge is -2.10. The third kappa shape index (κ3) is 5.82. The number of hydrogen-bond donors (Lipinski definition) is 1. The molecule has 0 unspecified atom stereocenters. The molecule has 2 aromatic carbocycles. The summed E-state index contributed by atoms with van der Waals surface area (Å²) in [5, 5.41) is 10.6. The van der Waals surface area contributed by atoms with E-state index in [2.05, 4.69) is 15.5 Å². The average molecular weight is 401 g/mol. The van der Waals surface area contributed by atoms with Crippen molar-refractivity contribution in [2.75, 3.05) is 0 Å². The lowest BCUT2D eigenvalue weighted by molar-refractivity contribution is -0.120. The first-order valence-corrected chi connectivity index (χ1v) is 9.58. The van der Waals surface area contributed by atoms with Crippen LogP contribution in [0.25, 0.3) is 0 Å². The summed E-state index contributed by atoms with van der Waals surface area (Å²) >= 11 is 1.17. The largest absolute Gasteiger partial charge is 0.484 e. The average Bonchev–Trinajstić information content (AvgIpc) is 3.13. The van der Waals surface area contributed by atoms with E-state index in [0.717, 1.165) is 16.9 Å². The van der Waals surface area contributed by atoms with Gasteiger partial charge in [-0.15, -0.1) is 10.2 Å². The van der Waals surface area contributed by atoms with Gasteiger partial charge in [-0.05, 0) is 49.2 Å². The molecule has 0 aliphatic carbocycles. The quantitative estimate of drug-likeness (QED) is 0.577. The van der Waals surface area contributed by atoms with Crippen molar-refractivity contribution >= 4 is 17.7 Å². The summed E-state index contributed by atoms with van der Waals surface area (Å²) in [6.07, 6.45) is 0. The Morgan fingerprint density at radius 3 is 2.79 bits per heavy atom. The summed E-state index contributed by atoms with van der Waals surface area (Å²) in [5.41, 5.74) is 1.92. The van der Waals surface area contributed by atoms with Crippen molar-refractivity contribution in [2.24, 2.45) is 0 Å². The Kier molecular flexibility index (Phi) is 6.65. The predicted molar refractivity (Wildman–Crippen MR) is 103 cm³/mol. The summed E-state index contributed by atoms with van der Waals surface area (Å²) in [5.74, 6) is 0.575. The monoisotopic (exact) mass is 401 g/mol. The van der Waals surface area contributed by atoms with E-state index in [0.29, 0.717) is 17.7 Å². The van der Waals surface area contributed by atoms with Crippen molar-refractivity contribution < 1.29 is 18.3 Å². The summed E-state index contributed by atoms with van der Waals surface area (Å²) in [6, 6.07) is 13.6. The molecule has 6 nitrogen and oxygen atoms in total. The predicted octanol–water partition coefficient (Wildman–Crippen LogP) is 3.89. The highest BCUT2D eigenvalue weighted by Crippen LogP contribution is 2.22. The molecule has 1 aromatic heterocycles. The van der Waals surface area contributed by atoms with E-state index in [4.69, 9.17) is 9.15 Å². The fraction of sp³-hybridized carbons (Fsp3) is 0.250. The molecule has 28 heavy (non-hydrogen) atoms. The highest BCUT2D eigenvalue weighted by molar-refractivity contribution is 8.00. The Bertz CT molecular complexity index is 930. The van der Waals surface area contributed by atoms with E-state index in [1.165, 1.54) is 23.9 Å². The van der Waals surface area contributed by atoms with Gasteiger partial charge in [-0.1, -0.05) is 36.0 Å². The Hall–Kier alpha value is -2.87. The number of carbonyl (C=O) groups excluding carboxylic acids is 1. The topological polar surface area (TPSA) is 77.2 Å². The molecular formula is C20H20FN3O3S. The van der Waals surface area contributed by atoms with Crippen LogP contribution in [-0.4, -0.2) is 21.4 Å². The van der Waals surface area contributed by atoms with Crippen LogP contribution in [0.2, 0.25) is 0 Å². The minimum absolute atomic E-state index is 0.155. The van der Waals surface area contributed by atoms with Crippen molar-refractivity contribution in [3.05, 3.63) is 71.4 Å². The van der Waals surface area contributed by atoms with Crippen molar-refractivity contribution in [3.63, 3.8) is 0 Å². The zero-order valence-corrected chi connectivity index (χ0v) is 16.3. The van der Waals surface area contributed by atoms with Gasteiger partial charge in [0.1, 0.15) is 11.6 Å². The Balaban J connectivity index is 1.46. The first-order chi connectivity index (χ1) is 13.5. The lowest BCUT2D eigenvalue weighted by atomic mass is 10.2. The summed E-state index contributed by atoms with van der Waals surface area (Å²) in [4.78, 5) is 12.2. The number of aryl methyl sites for hydroxylation is 1. The van der Waals surface area contributed by atoms with Gasteiger partial charge < -0.3 is 14.5 Å². The van der Waals surface area contributed by atoms with E-state index < -0.39 is 5.25 Å². The van der Waals surface area contributed by atoms with Gasteiger partial charge >= 0.3 is 0 Å². The highest BCUT2D eigenvalue weighted by Gasteiger charge is 2.18. The molecule has 0 spiro atoms. The molecule has 0 radical (unpaired) electrons. The molecule has 1 heterocycles. The van der Waals surface area contributed by atoms with Crippen LogP contribution in [0, 0.1) is 12.7 Å². The third-order valence-corrected chi connectivity index (χ3v) is 4.76. The molecule has 0 fully saturated rings. The van der Waals surface area contributed by atoms with Crippen molar-refractivity contribution in [3.8, 4) is 5.75 Å². The molecule has 146 valence electrons. The van der Waals surface area contributed by atoms with Gasteiger partial charge in [-0.25, -0.2) is 4.39 Å². The number of rotatable bonds is 8. The molecule has 3 aromatic rings. The molecule has 0 saturated heterocycles. The molecule has 1 amide bonds. The minimum Gasteiger partial charge on any atom is -0.484 e. The smallest absolute Gasteiger partial charge is 0.277 e. The van der Waals surface area contributed by atoms with Gasteiger partial charge in [0.25, 0.3) is 11.1 Å². The van der Waals surface area contributed by atoms with Crippen LogP contribution < -0.4 is 10.1 Å². The van der Waals surface area contributed by atoms with E-state index in [1.54, 1.807) is 19.1 Å². The second-order valence-electron chi connectivity index (χ2n) is 6.17. The van der Waals surface area contributed by atoms with Gasteiger partial charge in [0.2, 0.25) is 5.91 Å². The summed E-state index contributed by atoms with van der Waals surface area (Å²) in [7, 11) is 0. The van der Waals surface area contributed by atoms with Crippen LogP contribution in [0.5, 0.6) is 5.75 Å². The van der Waals surface area contributed by atoms with Gasteiger partial charge in [0, 0.05) is 6.54 Å². The maximum absolute atomic E-state index is 12.9. The van der Waals surface area contributed by atoms with Gasteiger partial charge in [-0.2, -0.15) is 0 Å². The normalized spacial score (nSPS) is 11.8. The number of amides is 1. The fourth-order valence-electron chi connectivity index (χ4n) is 2.33. The number of benzene rings is 2. The molecule has 8 heteroatoms. The number of halogens is 1. The molecule has 0 bridgehead atoms. The second kappa shape index (κ2) is 9.36. The Morgan fingerprint density at radius 1 is 1.25 bits per heavy atom. The van der Waals surface area contributed by atoms with Crippen molar-refractivity contribution in [1.82, 2.24) is 15.5 Å². The van der Waals surface area contributed by atoms with Crippen LogP contribution in [-0.2, 0) is 17.9 Å². The van der Waals surface area contributed by atoms with Crippen LogP contribution in [0.4, 0.5) is 4.39 Å². The number of aromatic nitrogens is 2. The molecule has 1 atom stereocenters. The minimum atomic E-state index is -0.425. The van der Waals surface area contributed by atoms with Crippen LogP contribution in [0.3, 0.4) is 0 Å². The number of nitrogens with one attached hydrogen (secondary N) is 1. The van der Waals surface area contributed by atoms with Crippen LogP contribution in [0.1, 0.15) is 23.9 Å². The Labute approximate surface area is 166 Å². The molecule has 0 saturated carbocycles. The first kappa shape index (κ1) is 19.9. The standard InChI is InChI=1S/C20H20FN3O3S/c1-13-4-3-5-17(10-13)26-12-18-23-24-20(27-18)28-14(2)19(25)22-11-15-6-8-16(21)9-7-15/h3-10,14H,11-12H2,1-2H3,(H,22,25)/t14-/m1/s1. The van der Waals surface area contributed by atoms with Crippen molar-refractivity contribution in [2.45, 2.75) is 37.5 Å². The van der Waals surface area contributed by atoms with E-state index >= 15 is 0 Å². The highest BCUT2D eigenvalue weighted by atomic mass is 32.2. The number of hydrogen-bond acceptors (Lipinski definition) is 6. The zero-order valence-electron chi connectivity index (χ0n) is 15.5. The molecule has 0 aliphatic rings. The maximum atomic E-state index is 12.9. The molecule has 0 aliphatic heterocycles. The third-order valence-electron chi connectivity index (χ3n) is 3.83. The van der Waals surface area contributed by atoms with Gasteiger partial charge in [-0.3, -0.25) is 4.79 Å². The number of nitrogens with zero attached hydrogens (tertiary/aromatic N) is 2. The summed E-state index contributed by atoms with van der Waals surface area (Å²) < 4.78 is 24.1. The van der Waals surface area contributed by atoms with E-state index in [9.17, 15) is 9.18 Å². The maximum Gasteiger partial charge on any atom is 0.277 e. The number of ether oxygens (including phenoxy) is 1. The summed E-state index contributed by atoms with van der Waals surface area (Å²) in [6.45, 7) is 4.21. The van der Waals surface area contributed by atoms with Crippen LogP contribution >= 0.6 is 11.8 Å². The van der Waals surface area contributed by atoms with E-state index in [1.807, 2.05) is 31.2 Å². The molecular weight excluding hydrogens is 381 g/mol. The van der Waals surface area contributed by atoms with E-state index in [-0.39, 0.29) is 18.3 Å². The number of thioether (sulfide) groups is 1. The van der Waals surface area contributed by atoms with Crippen LogP contribution in [0.15, 0.2) is 58.2 Å². The van der Waals surface area contributed by atoms with Crippen molar-refractivity contribution in [1.29, 1.82) is 0 Å². The van der Waals surface area contributed by atoms with Gasteiger partial charge in [0.15, 0.2) is 6.61 Å². The fourth-order valence-corrected chi connectivity index (χ4v) is 3.06. The zero-order chi connectivity index (χ0) is 19.9. The molecule has 3 rings (SSSR count). The first-order valence-electron chi connectivity index (χ1n) is 8.70. The SMILES string of the molecule is Cc1cccc(OCc2nnc(S[C@H](C)C(=O)NCc3ccc(F)cc3)o2)c1. The second-order valence-corrected chi connectivity index (χ2v) is 7.46. The van der Waals surface area contributed by atoms with Gasteiger partial charge in [0.05, 0.1) is 5.25 Å². The number of carbonyl (C=O) groups is 1. The molecule has 1 N–H and O–H groups in total. The Morgan fingerprint density at radius 2 is 2.04 bits per heavy atom. The lowest BCUT2D eigenvalue weighted by Crippen LogP contribution is -2.30.